The van der Waals surface area contributed by atoms with Gasteiger partial charge in [0.1, 0.15) is 27.3 Å². The average Bonchev–Trinajstić information content (AvgIpc) is 3.37. The molecule has 8 rings (SSSR count). The summed E-state index contributed by atoms with van der Waals surface area (Å²) in [5.41, 5.74) is 1.71. The Balaban J connectivity index is 0.000000241. The van der Waals surface area contributed by atoms with E-state index in [0.717, 1.165) is 24.3 Å². The number of carbonyl (C=O) groups is 2. The number of methoxy groups -OCH3 is 2. The van der Waals surface area contributed by atoms with Crippen molar-refractivity contribution in [3.63, 3.8) is 0 Å². The monoisotopic (exact) mass is 1120 g/mol. The SMILES string of the molecule is CCc1c(Cl)cc(S(=O)(=O)O)cc1N=Nc1c(O)c(C(=O)Nc2ccc(OC)cc2)cc2ccccc12.CCc1c(Cl)cc(S(=O)(=O)[O-])cc1N=Nc1c([O-])c(C(=O)Nc2ccc(OC)cc2)cc2ccccc12.[Ca+2]. The summed E-state index contributed by atoms with van der Waals surface area (Å²) in [6, 6.07) is 34.5. The van der Waals surface area contributed by atoms with E-state index in [1.807, 2.05) is 0 Å². The van der Waals surface area contributed by atoms with Gasteiger partial charge in [-0.05, 0) is 120 Å². The Kier molecular flexibility index (Phi) is 19.0. The van der Waals surface area contributed by atoms with Crippen molar-refractivity contribution in [2.45, 2.75) is 36.5 Å². The van der Waals surface area contributed by atoms with Gasteiger partial charge in [-0.3, -0.25) is 14.1 Å². The van der Waals surface area contributed by atoms with Gasteiger partial charge in [-0.2, -0.15) is 23.8 Å². The number of hydrogen-bond acceptors (Lipinski definition) is 15. The molecule has 0 atom stereocenters. The van der Waals surface area contributed by atoms with E-state index >= 15 is 0 Å². The van der Waals surface area contributed by atoms with E-state index < -0.39 is 53.3 Å². The number of nitrogens with zero attached hydrogens (tertiary/aromatic N) is 4. The van der Waals surface area contributed by atoms with Crippen molar-refractivity contribution in [2.24, 2.45) is 20.5 Å². The molecule has 0 bridgehead atoms. The molecule has 0 spiro atoms. The van der Waals surface area contributed by atoms with E-state index in [9.17, 15) is 45.7 Å². The minimum atomic E-state index is -4.81. The molecule has 18 nitrogen and oxygen atoms in total. The molecule has 0 aliphatic heterocycles. The number of nitrogens with one attached hydrogen (secondary N) is 2. The number of azo groups is 2. The number of phenols is 1. The first-order chi connectivity index (χ1) is 35.2. The van der Waals surface area contributed by atoms with E-state index in [4.69, 9.17) is 32.7 Å². The van der Waals surface area contributed by atoms with Crippen molar-refractivity contribution in [3.8, 4) is 23.0 Å². The average molecular weight is 1120 g/mol. The number of benzene rings is 8. The summed E-state index contributed by atoms with van der Waals surface area (Å²) in [5.74, 6) is -1.08. The summed E-state index contributed by atoms with van der Waals surface area (Å²) in [6.07, 6.45) is 0.762. The minimum Gasteiger partial charge on any atom is -0.870 e. The first-order valence-corrected chi connectivity index (χ1v) is 25.6. The summed E-state index contributed by atoms with van der Waals surface area (Å²) in [4.78, 5) is 25.1. The van der Waals surface area contributed by atoms with Crippen molar-refractivity contribution in [1.29, 1.82) is 0 Å². The quantitative estimate of drug-likeness (QED) is 0.0449. The molecule has 0 saturated carbocycles. The van der Waals surface area contributed by atoms with Crippen LogP contribution in [0.5, 0.6) is 23.0 Å². The van der Waals surface area contributed by atoms with Crippen LogP contribution in [0.4, 0.5) is 34.1 Å². The molecule has 0 aromatic heterocycles. The molecule has 0 aliphatic rings. The van der Waals surface area contributed by atoms with Gasteiger partial charge < -0.3 is 34.9 Å². The van der Waals surface area contributed by atoms with Gasteiger partial charge >= 0.3 is 37.7 Å². The third kappa shape index (κ3) is 13.6. The summed E-state index contributed by atoms with van der Waals surface area (Å²) in [6.45, 7) is 3.56. The summed E-state index contributed by atoms with van der Waals surface area (Å²) in [5, 5.41) is 48.7. The minimum absolute atomic E-state index is 0. The van der Waals surface area contributed by atoms with E-state index in [0.29, 0.717) is 68.4 Å². The van der Waals surface area contributed by atoms with Crippen molar-refractivity contribution in [3.05, 3.63) is 166 Å². The molecule has 0 unspecified atom stereocenters. The number of amides is 2. The number of anilines is 2. The molecular formula is C52H42CaCl2N6O12S2. The molecule has 380 valence electrons. The van der Waals surface area contributed by atoms with Crippen molar-refractivity contribution < 1.29 is 55.2 Å². The van der Waals surface area contributed by atoms with E-state index in [1.54, 1.807) is 111 Å². The fraction of sp³-hybridized carbons (Fsp3) is 0.115. The first-order valence-electron chi connectivity index (χ1n) is 22.0. The molecule has 0 radical (unpaired) electrons. The Morgan fingerprint density at radius 1 is 0.600 bits per heavy atom. The zero-order valence-electron chi connectivity index (χ0n) is 40.2. The number of fused-ring (bicyclic) bond motifs is 2. The van der Waals surface area contributed by atoms with Gasteiger partial charge in [-0.25, -0.2) is 8.42 Å². The number of phenolic OH excluding ortho intramolecular Hbond substituents is 1. The predicted octanol–water partition coefficient (Wildman–Crippen LogP) is 12.0. The molecule has 75 heavy (non-hydrogen) atoms. The first kappa shape index (κ1) is 57.6. The summed E-state index contributed by atoms with van der Waals surface area (Å²) >= 11 is 12.4. The smallest absolute Gasteiger partial charge is 0.870 e. The van der Waals surface area contributed by atoms with Crippen molar-refractivity contribution in [2.75, 3.05) is 24.9 Å². The van der Waals surface area contributed by atoms with Gasteiger partial charge in [0.2, 0.25) is 0 Å². The standard InChI is InChI=1S/2C26H22ClN3O6S.Ca/c2*1-3-19-22(27)13-18(37(33,34)35)14-23(19)29-30-24-20-7-5-4-6-15(20)12-21(25(24)31)26(32)28-16-8-10-17(36-2)11-9-16;/h2*4-14,31H,3H2,1-2H3,(H,28,32)(H,33,34,35);/q;;+2/p-2. The fourth-order valence-electron chi connectivity index (χ4n) is 7.49. The second kappa shape index (κ2) is 24.7. The maximum absolute atomic E-state index is 13.4. The van der Waals surface area contributed by atoms with Crippen LogP contribution >= 0.6 is 23.2 Å². The van der Waals surface area contributed by atoms with Crippen LogP contribution < -0.4 is 25.2 Å². The van der Waals surface area contributed by atoms with Crippen LogP contribution in [0.25, 0.3) is 21.5 Å². The molecule has 8 aromatic carbocycles. The Morgan fingerprint density at radius 3 is 1.47 bits per heavy atom. The van der Waals surface area contributed by atoms with Crippen LogP contribution in [-0.4, -0.2) is 94.8 Å². The second-order valence-corrected chi connectivity index (χ2v) is 19.5. The Labute approximate surface area is 470 Å². The van der Waals surface area contributed by atoms with E-state index in [2.05, 4.69) is 31.1 Å². The molecule has 4 N–H and O–H groups in total. The van der Waals surface area contributed by atoms with E-state index in [-0.39, 0.29) is 81.7 Å². The molecule has 8 aromatic rings. The van der Waals surface area contributed by atoms with Crippen LogP contribution in [0.3, 0.4) is 0 Å². The normalized spacial score (nSPS) is 11.5. The molecule has 0 saturated heterocycles. The van der Waals surface area contributed by atoms with Gasteiger partial charge in [-0.1, -0.05) is 91.3 Å². The summed E-state index contributed by atoms with van der Waals surface area (Å²) in [7, 11) is -6.30. The van der Waals surface area contributed by atoms with Gasteiger partial charge in [0.15, 0.2) is 5.75 Å². The maximum atomic E-state index is 13.4. The van der Waals surface area contributed by atoms with Gasteiger partial charge in [-0.15, -0.1) is 5.11 Å². The fourth-order valence-corrected chi connectivity index (χ4v) is 9.36. The Hall–Kier alpha value is -6.72. The van der Waals surface area contributed by atoms with Crippen LogP contribution in [0.2, 0.25) is 10.0 Å². The third-order valence-corrected chi connectivity index (χ3v) is 13.6. The zero-order chi connectivity index (χ0) is 53.5. The second-order valence-electron chi connectivity index (χ2n) is 15.9. The van der Waals surface area contributed by atoms with E-state index in [1.165, 1.54) is 26.4 Å². The Bertz CT molecular complexity index is 3530. The number of halogens is 2. The van der Waals surface area contributed by atoms with Crippen LogP contribution in [0, 0.1) is 0 Å². The van der Waals surface area contributed by atoms with Crippen molar-refractivity contribution >= 4 is 149 Å². The summed E-state index contributed by atoms with van der Waals surface area (Å²) < 4.78 is 77.7. The predicted molar refractivity (Wildman–Crippen MR) is 284 cm³/mol. The van der Waals surface area contributed by atoms with Crippen LogP contribution in [0.1, 0.15) is 45.7 Å². The molecule has 0 aliphatic carbocycles. The van der Waals surface area contributed by atoms with Gasteiger partial charge in [0.25, 0.3) is 21.9 Å². The van der Waals surface area contributed by atoms with Crippen LogP contribution in [0.15, 0.2) is 164 Å². The largest absolute Gasteiger partial charge is 2.00 e. The van der Waals surface area contributed by atoms with Gasteiger partial charge in [0.05, 0.1) is 46.6 Å². The molecular weight excluding hydrogens is 1080 g/mol. The zero-order valence-corrected chi connectivity index (χ0v) is 45.5. The number of ether oxygens (including phenoxy) is 2. The van der Waals surface area contributed by atoms with Gasteiger partial charge in [0, 0.05) is 37.8 Å². The third-order valence-electron chi connectivity index (χ3n) is 11.3. The van der Waals surface area contributed by atoms with Crippen LogP contribution in [-0.2, 0) is 33.1 Å². The number of aromatic hydroxyl groups is 1. The number of hydrogen-bond donors (Lipinski definition) is 4. The number of carbonyl (C=O) groups excluding carboxylic acids is 2. The molecule has 2 amide bonds. The molecule has 0 fully saturated rings. The van der Waals surface area contributed by atoms with Crippen molar-refractivity contribution in [1.82, 2.24) is 0 Å². The molecule has 23 heteroatoms. The Morgan fingerprint density at radius 2 is 1.01 bits per heavy atom. The topological polar surface area (TPSA) is 281 Å². The maximum Gasteiger partial charge on any atom is 2.00 e. The molecule has 0 heterocycles. The number of rotatable bonds is 14.